The SMILES string of the molecule is Cc1cnc(SCCOCCO)nc1. The van der Waals surface area contributed by atoms with Crippen molar-refractivity contribution in [2.75, 3.05) is 25.6 Å². The Bertz CT molecular complexity index is 253. The second-order valence-corrected chi connectivity index (χ2v) is 3.79. The smallest absolute Gasteiger partial charge is 0.187 e. The van der Waals surface area contributed by atoms with Crippen molar-refractivity contribution in [2.24, 2.45) is 0 Å². The van der Waals surface area contributed by atoms with Crippen LogP contribution in [0.4, 0.5) is 0 Å². The van der Waals surface area contributed by atoms with Gasteiger partial charge >= 0.3 is 0 Å². The number of aromatic nitrogens is 2. The van der Waals surface area contributed by atoms with Crippen molar-refractivity contribution in [1.29, 1.82) is 0 Å². The Hall–Kier alpha value is -0.650. The second kappa shape index (κ2) is 6.75. The van der Waals surface area contributed by atoms with Crippen molar-refractivity contribution in [3.63, 3.8) is 0 Å². The number of hydrogen-bond donors (Lipinski definition) is 1. The first-order chi connectivity index (χ1) is 6.83. The molecule has 0 radical (unpaired) electrons. The van der Waals surface area contributed by atoms with Crippen molar-refractivity contribution >= 4 is 11.8 Å². The van der Waals surface area contributed by atoms with Gasteiger partial charge in [0.25, 0.3) is 0 Å². The van der Waals surface area contributed by atoms with Crippen LogP contribution in [0.15, 0.2) is 17.6 Å². The number of thioether (sulfide) groups is 1. The van der Waals surface area contributed by atoms with Crippen LogP contribution < -0.4 is 0 Å². The summed E-state index contributed by atoms with van der Waals surface area (Å²) in [6, 6.07) is 0. The van der Waals surface area contributed by atoms with Gasteiger partial charge in [-0.15, -0.1) is 0 Å². The number of aliphatic hydroxyl groups excluding tert-OH is 1. The highest BCUT2D eigenvalue weighted by Gasteiger charge is 1.96. The first-order valence-corrected chi connectivity index (χ1v) is 5.41. The molecule has 0 atom stereocenters. The van der Waals surface area contributed by atoms with Gasteiger partial charge in [-0.25, -0.2) is 9.97 Å². The van der Waals surface area contributed by atoms with E-state index >= 15 is 0 Å². The lowest BCUT2D eigenvalue weighted by Gasteiger charge is -2.01. The van der Waals surface area contributed by atoms with E-state index in [9.17, 15) is 0 Å². The molecule has 0 bridgehead atoms. The molecule has 14 heavy (non-hydrogen) atoms. The maximum atomic E-state index is 8.46. The van der Waals surface area contributed by atoms with Crippen LogP contribution in [0.25, 0.3) is 0 Å². The molecule has 0 unspecified atom stereocenters. The molecule has 5 heteroatoms. The van der Waals surface area contributed by atoms with Gasteiger partial charge in [-0.3, -0.25) is 0 Å². The van der Waals surface area contributed by atoms with Crippen molar-refractivity contribution in [2.45, 2.75) is 12.1 Å². The Morgan fingerprint density at radius 2 is 2.07 bits per heavy atom. The molecule has 4 nitrogen and oxygen atoms in total. The largest absolute Gasteiger partial charge is 0.394 e. The molecule has 1 heterocycles. The third-order valence-electron chi connectivity index (χ3n) is 1.45. The molecule has 0 aliphatic rings. The van der Waals surface area contributed by atoms with E-state index in [0.29, 0.717) is 13.2 Å². The van der Waals surface area contributed by atoms with Gasteiger partial charge in [0, 0.05) is 18.1 Å². The molecule has 0 aromatic carbocycles. The van der Waals surface area contributed by atoms with Crippen molar-refractivity contribution < 1.29 is 9.84 Å². The Morgan fingerprint density at radius 3 is 2.71 bits per heavy atom. The van der Waals surface area contributed by atoms with Gasteiger partial charge in [-0.1, -0.05) is 11.8 Å². The molecule has 0 aliphatic carbocycles. The highest BCUT2D eigenvalue weighted by atomic mass is 32.2. The summed E-state index contributed by atoms with van der Waals surface area (Å²) in [5.74, 6) is 0.809. The lowest BCUT2D eigenvalue weighted by atomic mass is 10.4. The molecule has 0 aliphatic heterocycles. The van der Waals surface area contributed by atoms with Crippen molar-refractivity contribution in [3.8, 4) is 0 Å². The van der Waals surface area contributed by atoms with E-state index in [1.807, 2.05) is 6.92 Å². The molecule has 78 valence electrons. The molecule has 1 N–H and O–H groups in total. The zero-order valence-corrected chi connectivity index (χ0v) is 8.96. The number of hydrogen-bond acceptors (Lipinski definition) is 5. The topological polar surface area (TPSA) is 55.2 Å². The fraction of sp³-hybridized carbons (Fsp3) is 0.556. The molecule has 1 aromatic heterocycles. The van der Waals surface area contributed by atoms with Crippen LogP contribution in [0.2, 0.25) is 0 Å². The zero-order valence-electron chi connectivity index (χ0n) is 8.14. The lowest BCUT2D eigenvalue weighted by molar-refractivity contribution is 0.103. The molecule has 0 saturated carbocycles. The van der Waals surface area contributed by atoms with E-state index in [1.54, 1.807) is 24.2 Å². The van der Waals surface area contributed by atoms with Crippen LogP contribution in [0.3, 0.4) is 0 Å². The number of nitrogens with zero attached hydrogens (tertiary/aromatic N) is 2. The first kappa shape index (κ1) is 11.4. The quantitative estimate of drug-likeness (QED) is 0.433. The monoisotopic (exact) mass is 214 g/mol. The van der Waals surface area contributed by atoms with E-state index in [0.717, 1.165) is 16.5 Å². The maximum absolute atomic E-state index is 8.46. The van der Waals surface area contributed by atoms with Gasteiger partial charge in [-0.05, 0) is 12.5 Å². The normalized spacial score (nSPS) is 10.4. The number of ether oxygens (including phenoxy) is 1. The summed E-state index contributed by atoms with van der Waals surface area (Å²) in [7, 11) is 0. The van der Waals surface area contributed by atoms with E-state index in [2.05, 4.69) is 9.97 Å². The van der Waals surface area contributed by atoms with Gasteiger partial charge in [-0.2, -0.15) is 0 Å². The summed E-state index contributed by atoms with van der Waals surface area (Å²) in [6.07, 6.45) is 3.59. The minimum absolute atomic E-state index is 0.0751. The van der Waals surface area contributed by atoms with E-state index in [4.69, 9.17) is 9.84 Å². The first-order valence-electron chi connectivity index (χ1n) is 4.43. The molecule has 0 amide bonds. The van der Waals surface area contributed by atoms with E-state index in [1.165, 1.54) is 0 Å². The van der Waals surface area contributed by atoms with Gasteiger partial charge in [0.05, 0.1) is 19.8 Å². The van der Waals surface area contributed by atoms with Crippen LogP contribution in [-0.2, 0) is 4.74 Å². The minimum Gasteiger partial charge on any atom is -0.394 e. The zero-order chi connectivity index (χ0) is 10.2. The molecular weight excluding hydrogens is 200 g/mol. The average Bonchev–Trinajstić information content (AvgIpc) is 2.21. The van der Waals surface area contributed by atoms with Crippen LogP contribution >= 0.6 is 11.8 Å². The molecule has 0 saturated heterocycles. The predicted molar refractivity (Wildman–Crippen MR) is 55.4 cm³/mol. The van der Waals surface area contributed by atoms with Gasteiger partial charge in [0.15, 0.2) is 5.16 Å². The Balaban J connectivity index is 2.15. The van der Waals surface area contributed by atoms with Crippen molar-refractivity contribution in [3.05, 3.63) is 18.0 Å². The van der Waals surface area contributed by atoms with Crippen LogP contribution in [0.5, 0.6) is 0 Å². The Labute approximate surface area is 87.7 Å². The van der Waals surface area contributed by atoms with Crippen LogP contribution in [0, 0.1) is 6.92 Å². The predicted octanol–water partition coefficient (Wildman–Crippen LogP) is 0.886. The average molecular weight is 214 g/mol. The summed E-state index contributed by atoms with van der Waals surface area (Å²) < 4.78 is 5.10. The highest BCUT2D eigenvalue weighted by Crippen LogP contribution is 2.10. The van der Waals surface area contributed by atoms with Crippen LogP contribution in [-0.4, -0.2) is 40.6 Å². The molecular formula is C9H14N2O2S. The number of aryl methyl sites for hydroxylation is 1. The molecule has 1 rings (SSSR count). The summed E-state index contributed by atoms with van der Waals surface area (Å²) >= 11 is 1.55. The summed E-state index contributed by atoms with van der Waals surface area (Å²) in [6.45, 7) is 3.04. The summed E-state index contributed by atoms with van der Waals surface area (Å²) in [4.78, 5) is 8.29. The maximum Gasteiger partial charge on any atom is 0.187 e. The third kappa shape index (κ3) is 4.55. The Morgan fingerprint density at radius 1 is 1.36 bits per heavy atom. The molecule has 0 fully saturated rings. The highest BCUT2D eigenvalue weighted by molar-refractivity contribution is 7.99. The minimum atomic E-state index is 0.0751. The standard InChI is InChI=1S/C9H14N2O2S/c1-8-6-10-9(11-7-8)14-5-4-13-3-2-12/h6-7,12H,2-5H2,1H3. The molecule has 1 aromatic rings. The van der Waals surface area contributed by atoms with E-state index in [-0.39, 0.29) is 6.61 Å². The molecule has 0 spiro atoms. The third-order valence-corrected chi connectivity index (χ3v) is 2.29. The number of rotatable bonds is 6. The van der Waals surface area contributed by atoms with Gasteiger partial charge in [0.1, 0.15) is 0 Å². The van der Waals surface area contributed by atoms with Crippen molar-refractivity contribution in [1.82, 2.24) is 9.97 Å². The lowest BCUT2D eigenvalue weighted by Crippen LogP contribution is -2.02. The summed E-state index contributed by atoms with van der Waals surface area (Å²) in [5.41, 5.74) is 1.06. The summed E-state index contributed by atoms with van der Waals surface area (Å²) in [5, 5.41) is 9.22. The second-order valence-electron chi connectivity index (χ2n) is 2.73. The van der Waals surface area contributed by atoms with Gasteiger partial charge in [0.2, 0.25) is 0 Å². The number of aliphatic hydroxyl groups is 1. The fourth-order valence-corrected chi connectivity index (χ4v) is 1.45. The fourth-order valence-electron chi connectivity index (χ4n) is 0.814. The Kier molecular flexibility index (Phi) is 5.51. The van der Waals surface area contributed by atoms with Crippen LogP contribution in [0.1, 0.15) is 5.56 Å². The van der Waals surface area contributed by atoms with E-state index < -0.39 is 0 Å². The van der Waals surface area contributed by atoms with Gasteiger partial charge < -0.3 is 9.84 Å².